The molecule has 0 fully saturated rings. The standard InChI is InChI=1S/C19H17N3OS2/c1-11-6-8-12(9-7-11)14-10-24-19-20-17-16(18(23)22(19)21-14)13-4-2-3-5-15(13)25-17/h6-9H,2-5,10H2,1H3. The Labute approximate surface area is 153 Å². The number of thiophene rings is 1. The zero-order chi connectivity index (χ0) is 17.0. The average molecular weight is 367 g/mol. The van der Waals surface area contributed by atoms with E-state index in [4.69, 9.17) is 4.98 Å². The summed E-state index contributed by atoms with van der Waals surface area (Å²) in [6, 6.07) is 8.31. The van der Waals surface area contributed by atoms with Crippen molar-refractivity contribution in [3.05, 3.63) is 56.2 Å². The first kappa shape index (κ1) is 15.3. The number of benzene rings is 1. The first-order valence-corrected chi connectivity index (χ1v) is 10.4. The highest BCUT2D eigenvalue weighted by Gasteiger charge is 2.24. The molecular formula is C19H17N3OS2. The summed E-state index contributed by atoms with van der Waals surface area (Å²) in [5.74, 6) is 0.742. The molecule has 0 amide bonds. The molecule has 3 heterocycles. The van der Waals surface area contributed by atoms with Gasteiger partial charge in [0.05, 0.1) is 11.1 Å². The van der Waals surface area contributed by atoms with Crippen LogP contribution < -0.4 is 5.56 Å². The summed E-state index contributed by atoms with van der Waals surface area (Å²) in [6.45, 7) is 2.07. The van der Waals surface area contributed by atoms with E-state index in [2.05, 4.69) is 36.3 Å². The zero-order valence-corrected chi connectivity index (χ0v) is 15.5. The van der Waals surface area contributed by atoms with Gasteiger partial charge in [0.1, 0.15) is 4.83 Å². The highest BCUT2D eigenvalue weighted by Crippen LogP contribution is 2.35. The highest BCUT2D eigenvalue weighted by molar-refractivity contribution is 7.99. The van der Waals surface area contributed by atoms with Crippen molar-refractivity contribution in [1.29, 1.82) is 0 Å². The summed E-state index contributed by atoms with van der Waals surface area (Å²) in [6.07, 6.45) is 4.45. The Bertz CT molecular complexity index is 1080. The van der Waals surface area contributed by atoms with Crippen LogP contribution in [0.4, 0.5) is 0 Å². The molecule has 0 spiro atoms. The van der Waals surface area contributed by atoms with Crippen LogP contribution in [0.1, 0.15) is 34.4 Å². The van der Waals surface area contributed by atoms with Crippen molar-refractivity contribution in [2.24, 2.45) is 5.10 Å². The first-order valence-electron chi connectivity index (χ1n) is 8.56. The van der Waals surface area contributed by atoms with Crippen molar-refractivity contribution < 1.29 is 0 Å². The maximum atomic E-state index is 13.1. The Kier molecular flexibility index (Phi) is 3.57. The van der Waals surface area contributed by atoms with Crippen LogP contribution in [-0.4, -0.2) is 21.1 Å². The molecule has 6 heteroatoms. The van der Waals surface area contributed by atoms with E-state index < -0.39 is 0 Å². The second kappa shape index (κ2) is 5.81. The molecule has 1 aliphatic heterocycles. The number of aromatic nitrogens is 2. The number of rotatable bonds is 1. The average Bonchev–Trinajstić information content (AvgIpc) is 3.01. The lowest BCUT2D eigenvalue weighted by Gasteiger charge is -2.16. The molecule has 2 aliphatic rings. The van der Waals surface area contributed by atoms with Crippen molar-refractivity contribution in [2.75, 3.05) is 5.75 Å². The molecule has 0 atom stereocenters. The van der Waals surface area contributed by atoms with Gasteiger partial charge in [-0.05, 0) is 43.7 Å². The van der Waals surface area contributed by atoms with E-state index in [0.717, 1.165) is 46.5 Å². The maximum absolute atomic E-state index is 13.1. The minimum absolute atomic E-state index is 0.00351. The predicted octanol–water partition coefficient (Wildman–Crippen LogP) is 4.00. The second-order valence-corrected chi connectivity index (χ2v) is 8.63. The predicted molar refractivity (Wildman–Crippen MR) is 104 cm³/mol. The number of nitrogens with zero attached hydrogens (tertiary/aromatic N) is 3. The van der Waals surface area contributed by atoms with E-state index in [1.165, 1.54) is 27.1 Å². The Morgan fingerprint density at radius 2 is 1.92 bits per heavy atom. The van der Waals surface area contributed by atoms with Crippen molar-refractivity contribution in [2.45, 2.75) is 37.8 Å². The molecule has 2 aromatic heterocycles. The monoisotopic (exact) mass is 367 g/mol. The molecule has 4 nitrogen and oxygen atoms in total. The van der Waals surface area contributed by atoms with Gasteiger partial charge in [-0.1, -0.05) is 41.6 Å². The van der Waals surface area contributed by atoms with Crippen LogP contribution in [0.2, 0.25) is 0 Å². The van der Waals surface area contributed by atoms with E-state index in [1.54, 1.807) is 23.1 Å². The fourth-order valence-corrected chi connectivity index (χ4v) is 5.73. The van der Waals surface area contributed by atoms with E-state index in [9.17, 15) is 4.79 Å². The summed E-state index contributed by atoms with van der Waals surface area (Å²) >= 11 is 3.30. The Morgan fingerprint density at radius 1 is 1.12 bits per heavy atom. The molecule has 0 saturated carbocycles. The molecule has 126 valence electrons. The molecule has 0 radical (unpaired) electrons. The number of hydrogen-bond donors (Lipinski definition) is 0. The van der Waals surface area contributed by atoms with E-state index in [-0.39, 0.29) is 5.56 Å². The number of thioether (sulfide) groups is 1. The van der Waals surface area contributed by atoms with Gasteiger partial charge in [0.15, 0.2) is 5.16 Å². The fraction of sp³-hybridized carbons (Fsp3) is 0.316. The summed E-state index contributed by atoms with van der Waals surface area (Å²) in [7, 11) is 0. The van der Waals surface area contributed by atoms with Crippen LogP contribution in [0.5, 0.6) is 0 Å². The van der Waals surface area contributed by atoms with Gasteiger partial charge in [0.25, 0.3) is 5.56 Å². The van der Waals surface area contributed by atoms with Gasteiger partial charge < -0.3 is 0 Å². The summed E-state index contributed by atoms with van der Waals surface area (Å²) < 4.78 is 1.52. The van der Waals surface area contributed by atoms with E-state index in [0.29, 0.717) is 5.16 Å². The molecule has 0 unspecified atom stereocenters. The van der Waals surface area contributed by atoms with Gasteiger partial charge in [-0.25, -0.2) is 4.98 Å². The normalized spacial score (nSPS) is 16.4. The van der Waals surface area contributed by atoms with Gasteiger partial charge in [-0.2, -0.15) is 9.78 Å². The molecule has 0 N–H and O–H groups in total. The first-order chi connectivity index (χ1) is 12.2. The topological polar surface area (TPSA) is 47.2 Å². The van der Waals surface area contributed by atoms with E-state index >= 15 is 0 Å². The lowest BCUT2D eigenvalue weighted by Crippen LogP contribution is -2.26. The van der Waals surface area contributed by atoms with Crippen molar-refractivity contribution in [1.82, 2.24) is 9.66 Å². The molecule has 3 aromatic rings. The van der Waals surface area contributed by atoms with Crippen LogP contribution in [0, 0.1) is 6.92 Å². The van der Waals surface area contributed by atoms with Crippen molar-refractivity contribution >= 4 is 39.0 Å². The van der Waals surface area contributed by atoms with Gasteiger partial charge in [-0.3, -0.25) is 4.79 Å². The Balaban J connectivity index is 1.70. The van der Waals surface area contributed by atoms with E-state index in [1.807, 2.05) is 0 Å². The largest absolute Gasteiger partial charge is 0.283 e. The fourth-order valence-electron chi connectivity index (χ4n) is 3.53. The molecule has 1 aliphatic carbocycles. The van der Waals surface area contributed by atoms with Crippen molar-refractivity contribution in [3.63, 3.8) is 0 Å². The molecule has 5 rings (SSSR count). The smallest absolute Gasteiger partial charge is 0.267 e. The third-order valence-electron chi connectivity index (χ3n) is 4.88. The van der Waals surface area contributed by atoms with Crippen LogP contribution in [0.3, 0.4) is 0 Å². The van der Waals surface area contributed by atoms with Crippen LogP contribution in [-0.2, 0) is 12.8 Å². The van der Waals surface area contributed by atoms with Gasteiger partial charge in [-0.15, -0.1) is 11.3 Å². The Hall–Kier alpha value is -1.92. The SMILES string of the molecule is Cc1ccc(C2=Nn3c(nc4sc5c(c4c3=O)CCCC5)SC2)cc1. The lowest BCUT2D eigenvalue weighted by atomic mass is 9.97. The number of hydrogen-bond acceptors (Lipinski definition) is 5. The Morgan fingerprint density at radius 3 is 2.76 bits per heavy atom. The van der Waals surface area contributed by atoms with Crippen LogP contribution in [0.15, 0.2) is 39.3 Å². The van der Waals surface area contributed by atoms with Gasteiger partial charge in [0.2, 0.25) is 0 Å². The third-order valence-corrected chi connectivity index (χ3v) is 7.01. The highest BCUT2D eigenvalue weighted by atomic mass is 32.2. The zero-order valence-electron chi connectivity index (χ0n) is 13.9. The number of aryl methyl sites for hydroxylation is 3. The molecular weight excluding hydrogens is 350 g/mol. The summed E-state index contributed by atoms with van der Waals surface area (Å²) in [5, 5.41) is 6.18. The molecule has 0 bridgehead atoms. The van der Waals surface area contributed by atoms with Gasteiger partial charge >= 0.3 is 0 Å². The number of fused-ring (bicyclic) bond motifs is 4. The third kappa shape index (κ3) is 2.47. The lowest BCUT2D eigenvalue weighted by molar-refractivity contribution is 0.687. The van der Waals surface area contributed by atoms with Crippen LogP contribution >= 0.6 is 23.1 Å². The van der Waals surface area contributed by atoms with Crippen molar-refractivity contribution in [3.8, 4) is 0 Å². The quantitative estimate of drug-likeness (QED) is 0.611. The summed E-state index contributed by atoms with van der Waals surface area (Å²) in [4.78, 5) is 20.1. The molecule has 0 saturated heterocycles. The summed E-state index contributed by atoms with van der Waals surface area (Å²) in [5.41, 5.74) is 4.45. The molecule has 25 heavy (non-hydrogen) atoms. The maximum Gasteiger partial charge on any atom is 0.283 e. The molecule has 1 aromatic carbocycles. The minimum atomic E-state index is -0.00351. The van der Waals surface area contributed by atoms with Crippen LogP contribution in [0.25, 0.3) is 10.2 Å². The second-order valence-electron chi connectivity index (χ2n) is 6.60. The minimum Gasteiger partial charge on any atom is -0.267 e. The van der Waals surface area contributed by atoms with Gasteiger partial charge in [0, 0.05) is 10.6 Å².